The Hall–Kier alpha value is -2.18. The summed E-state index contributed by atoms with van der Waals surface area (Å²) < 4.78 is 0. The molecule has 1 saturated carbocycles. The lowest BCUT2D eigenvalue weighted by Gasteiger charge is -2.13. The molecular formula is C12H16N4O3. The fraction of sp³-hybridized carbons (Fsp3) is 0.500. The lowest BCUT2D eigenvalue weighted by atomic mass is 10.0. The highest BCUT2D eigenvalue weighted by Gasteiger charge is 2.40. The van der Waals surface area contributed by atoms with Crippen LogP contribution in [0.1, 0.15) is 36.5 Å². The number of amides is 1. The molecule has 0 aliphatic heterocycles. The van der Waals surface area contributed by atoms with Crippen LogP contribution in [0.15, 0.2) is 12.3 Å². The fourth-order valence-corrected chi connectivity index (χ4v) is 1.99. The van der Waals surface area contributed by atoms with E-state index in [9.17, 15) is 14.9 Å². The van der Waals surface area contributed by atoms with Gasteiger partial charge in [0.25, 0.3) is 11.6 Å². The second-order valence-electron chi connectivity index (χ2n) is 4.92. The molecule has 19 heavy (non-hydrogen) atoms. The Morgan fingerprint density at radius 2 is 2.32 bits per heavy atom. The number of aromatic nitrogens is 1. The molecule has 0 aromatic carbocycles. The summed E-state index contributed by atoms with van der Waals surface area (Å²) >= 11 is 0. The van der Waals surface area contributed by atoms with Crippen molar-refractivity contribution in [3.05, 3.63) is 27.9 Å². The normalized spacial score (nSPS) is 15.8. The van der Waals surface area contributed by atoms with Crippen LogP contribution >= 0.6 is 0 Å². The molecule has 0 spiro atoms. The summed E-state index contributed by atoms with van der Waals surface area (Å²) in [5, 5.41) is 13.6. The number of nitro groups is 1. The van der Waals surface area contributed by atoms with Crippen molar-refractivity contribution >= 4 is 17.4 Å². The summed E-state index contributed by atoms with van der Waals surface area (Å²) in [5.74, 6) is -0.382. The Morgan fingerprint density at radius 3 is 2.84 bits per heavy atom. The highest BCUT2D eigenvalue weighted by Crippen LogP contribution is 2.47. The van der Waals surface area contributed by atoms with Gasteiger partial charge in [0, 0.05) is 6.54 Å². The lowest BCUT2D eigenvalue weighted by molar-refractivity contribution is -0.385. The van der Waals surface area contributed by atoms with Crippen LogP contribution in [0.25, 0.3) is 0 Å². The minimum Gasteiger partial charge on any atom is -0.384 e. The number of nitrogens with one attached hydrogen (secondary N) is 1. The van der Waals surface area contributed by atoms with Crippen LogP contribution in [0.2, 0.25) is 0 Å². The molecule has 1 amide bonds. The van der Waals surface area contributed by atoms with E-state index in [1.54, 1.807) is 0 Å². The number of rotatable bonds is 5. The van der Waals surface area contributed by atoms with Gasteiger partial charge in [-0.1, -0.05) is 6.92 Å². The van der Waals surface area contributed by atoms with Crippen LogP contribution in [-0.4, -0.2) is 22.4 Å². The van der Waals surface area contributed by atoms with Gasteiger partial charge in [0.15, 0.2) is 0 Å². The van der Waals surface area contributed by atoms with Crippen LogP contribution in [0.4, 0.5) is 11.5 Å². The number of hydrogen-bond acceptors (Lipinski definition) is 5. The Bertz CT molecular complexity index is 526. The highest BCUT2D eigenvalue weighted by atomic mass is 16.6. The second-order valence-corrected chi connectivity index (χ2v) is 4.92. The maximum absolute atomic E-state index is 12.0. The third-order valence-electron chi connectivity index (χ3n) is 3.68. The molecule has 1 aromatic heterocycles. The average molecular weight is 264 g/mol. The summed E-state index contributed by atoms with van der Waals surface area (Å²) in [6.45, 7) is 2.62. The average Bonchev–Trinajstić information content (AvgIpc) is 3.16. The summed E-state index contributed by atoms with van der Waals surface area (Å²) in [6.07, 6.45) is 4.18. The van der Waals surface area contributed by atoms with Crippen molar-refractivity contribution in [3.63, 3.8) is 0 Å². The van der Waals surface area contributed by atoms with Gasteiger partial charge in [0.2, 0.25) is 0 Å². The smallest absolute Gasteiger partial charge is 0.300 e. The molecular weight excluding hydrogens is 248 g/mol. The first kappa shape index (κ1) is 13.3. The third kappa shape index (κ3) is 2.81. The van der Waals surface area contributed by atoms with Crippen molar-refractivity contribution < 1.29 is 9.72 Å². The number of anilines is 1. The lowest BCUT2D eigenvalue weighted by Crippen LogP contribution is -2.30. The zero-order chi connectivity index (χ0) is 14.0. The molecule has 1 aliphatic carbocycles. The number of nitrogens with zero attached hydrogens (tertiary/aromatic N) is 2. The van der Waals surface area contributed by atoms with Crippen molar-refractivity contribution in [1.82, 2.24) is 10.3 Å². The highest BCUT2D eigenvalue weighted by molar-refractivity contribution is 5.98. The Balaban J connectivity index is 2.14. The quantitative estimate of drug-likeness (QED) is 0.618. The maximum atomic E-state index is 12.0. The standard InChI is InChI=1S/C12H16N4O3/c1-2-12(3-4-12)7-15-11(17)8-5-10(13)14-6-9(8)16(18)19/h5-6H,2-4,7H2,1H3,(H2,13,14)(H,15,17). The first-order valence-electron chi connectivity index (χ1n) is 6.15. The summed E-state index contributed by atoms with van der Waals surface area (Å²) in [5.41, 5.74) is 5.29. The molecule has 7 heteroatoms. The van der Waals surface area contributed by atoms with Gasteiger partial charge in [-0.05, 0) is 30.7 Å². The largest absolute Gasteiger partial charge is 0.384 e. The molecule has 0 radical (unpaired) electrons. The predicted octanol–water partition coefficient (Wildman–Crippen LogP) is 1.49. The van der Waals surface area contributed by atoms with Crippen molar-refractivity contribution in [2.45, 2.75) is 26.2 Å². The van der Waals surface area contributed by atoms with Crippen LogP contribution in [0, 0.1) is 15.5 Å². The van der Waals surface area contributed by atoms with Gasteiger partial charge in [-0.15, -0.1) is 0 Å². The molecule has 7 nitrogen and oxygen atoms in total. The number of nitrogens with two attached hydrogens (primary N) is 1. The van der Waals surface area contributed by atoms with E-state index in [1.807, 2.05) is 0 Å². The predicted molar refractivity (Wildman–Crippen MR) is 69.6 cm³/mol. The van der Waals surface area contributed by atoms with E-state index in [-0.39, 0.29) is 22.5 Å². The molecule has 2 rings (SSSR count). The molecule has 0 atom stereocenters. The molecule has 0 unspecified atom stereocenters. The molecule has 3 N–H and O–H groups in total. The zero-order valence-corrected chi connectivity index (χ0v) is 10.7. The monoisotopic (exact) mass is 264 g/mol. The van der Waals surface area contributed by atoms with E-state index in [0.29, 0.717) is 6.54 Å². The van der Waals surface area contributed by atoms with Crippen molar-refractivity contribution in [2.24, 2.45) is 5.41 Å². The minimum absolute atomic E-state index is 0.0376. The molecule has 1 aromatic rings. The van der Waals surface area contributed by atoms with Gasteiger partial charge < -0.3 is 11.1 Å². The van der Waals surface area contributed by atoms with Crippen molar-refractivity contribution in [2.75, 3.05) is 12.3 Å². The summed E-state index contributed by atoms with van der Waals surface area (Å²) in [6, 6.07) is 1.24. The molecule has 0 saturated heterocycles. The van der Waals surface area contributed by atoms with E-state index in [2.05, 4.69) is 17.2 Å². The number of hydrogen-bond donors (Lipinski definition) is 2. The Morgan fingerprint density at radius 1 is 1.63 bits per heavy atom. The van der Waals surface area contributed by atoms with Crippen LogP contribution in [-0.2, 0) is 0 Å². The van der Waals surface area contributed by atoms with Crippen molar-refractivity contribution in [1.29, 1.82) is 0 Å². The van der Waals surface area contributed by atoms with Crippen LogP contribution in [0.3, 0.4) is 0 Å². The maximum Gasteiger partial charge on any atom is 0.300 e. The summed E-state index contributed by atoms with van der Waals surface area (Å²) in [7, 11) is 0. The van der Waals surface area contributed by atoms with Gasteiger partial charge in [0.1, 0.15) is 17.6 Å². The van der Waals surface area contributed by atoms with Crippen LogP contribution in [0.5, 0.6) is 0 Å². The number of carbonyl (C=O) groups excluding carboxylic acids is 1. The topological polar surface area (TPSA) is 111 Å². The minimum atomic E-state index is -0.631. The van der Waals surface area contributed by atoms with E-state index >= 15 is 0 Å². The van der Waals surface area contributed by atoms with E-state index < -0.39 is 10.8 Å². The first-order valence-corrected chi connectivity index (χ1v) is 6.15. The van der Waals surface area contributed by atoms with Gasteiger partial charge in [-0.25, -0.2) is 4.98 Å². The second kappa shape index (κ2) is 4.83. The number of pyridine rings is 1. The molecule has 1 aliphatic rings. The van der Waals surface area contributed by atoms with Crippen LogP contribution < -0.4 is 11.1 Å². The fourth-order valence-electron chi connectivity index (χ4n) is 1.99. The molecule has 102 valence electrons. The Labute approximate surface area is 110 Å². The zero-order valence-electron chi connectivity index (χ0n) is 10.7. The van der Waals surface area contributed by atoms with E-state index in [1.165, 1.54) is 6.07 Å². The molecule has 1 heterocycles. The SMILES string of the molecule is CCC1(CNC(=O)c2cc(N)ncc2[N+](=O)[O-])CC1. The van der Waals surface area contributed by atoms with E-state index in [4.69, 9.17) is 5.73 Å². The van der Waals surface area contributed by atoms with Gasteiger partial charge >= 0.3 is 0 Å². The third-order valence-corrected chi connectivity index (χ3v) is 3.68. The first-order chi connectivity index (χ1) is 8.97. The van der Waals surface area contributed by atoms with Gasteiger partial charge in [0.05, 0.1) is 4.92 Å². The van der Waals surface area contributed by atoms with E-state index in [0.717, 1.165) is 25.5 Å². The Kier molecular flexibility index (Phi) is 3.37. The van der Waals surface area contributed by atoms with Gasteiger partial charge in [-0.3, -0.25) is 14.9 Å². The summed E-state index contributed by atoms with van der Waals surface area (Å²) in [4.78, 5) is 25.9. The van der Waals surface area contributed by atoms with Gasteiger partial charge in [-0.2, -0.15) is 0 Å². The van der Waals surface area contributed by atoms with Crippen molar-refractivity contribution in [3.8, 4) is 0 Å². The molecule has 0 bridgehead atoms. The number of carbonyl (C=O) groups is 1. The molecule has 1 fully saturated rings. The number of nitrogen functional groups attached to an aromatic ring is 1.